The average Bonchev–Trinajstić information content (AvgIpc) is 2.46. The minimum Gasteiger partial charge on any atom is -0.354 e. The van der Waals surface area contributed by atoms with E-state index in [1.54, 1.807) is 0 Å². The molecule has 4 heteroatoms. The smallest absolute Gasteiger partial charge is 0.223 e. The van der Waals surface area contributed by atoms with Gasteiger partial charge >= 0.3 is 0 Å². The number of fused-ring (bicyclic) bond motifs is 1. The third-order valence-electron chi connectivity index (χ3n) is 3.13. The van der Waals surface area contributed by atoms with E-state index in [1.807, 2.05) is 44.4 Å². The molecule has 3 aromatic rings. The lowest BCUT2D eigenvalue weighted by atomic mass is 10.1. The maximum atomic E-state index is 4.58. The van der Waals surface area contributed by atoms with Gasteiger partial charge in [0.15, 0.2) is 0 Å². The molecule has 4 nitrogen and oxygen atoms in total. The van der Waals surface area contributed by atoms with Crippen LogP contribution in [-0.2, 0) is 0 Å². The number of aryl methyl sites for hydroxylation is 1. The van der Waals surface area contributed by atoms with Gasteiger partial charge in [0.2, 0.25) is 5.95 Å². The molecule has 0 unspecified atom stereocenters. The minimum atomic E-state index is 0.662. The number of pyridine rings is 1. The molecule has 0 saturated heterocycles. The topological polar surface area (TPSA) is 50.7 Å². The molecule has 100 valence electrons. The van der Waals surface area contributed by atoms with Gasteiger partial charge in [0.1, 0.15) is 0 Å². The number of nitrogens with zero attached hydrogens (tertiary/aromatic N) is 3. The lowest BCUT2D eigenvalue weighted by Crippen LogP contribution is -2.04. The highest BCUT2D eigenvalue weighted by Gasteiger charge is 2.08. The second-order valence-electron chi connectivity index (χ2n) is 4.66. The van der Waals surface area contributed by atoms with Crippen LogP contribution in [0.15, 0.2) is 42.7 Å². The fraction of sp³-hybridized carbons (Fsp3) is 0.188. The van der Waals surface area contributed by atoms with Crippen molar-refractivity contribution in [3.63, 3.8) is 0 Å². The molecule has 20 heavy (non-hydrogen) atoms. The molecule has 0 amide bonds. The molecule has 1 N–H and O–H groups in total. The predicted molar refractivity (Wildman–Crippen MR) is 81.7 cm³/mol. The third kappa shape index (κ3) is 2.32. The SMILES string of the molecule is CCNc1nc(C)cc(-c2cncc3ccccc23)n1. The first-order valence-electron chi connectivity index (χ1n) is 6.70. The number of hydrogen-bond acceptors (Lipinski definition) is 4. The van der Waals surface area contributed by atoms with Gasteiger partial charge in [0, 0.05) is 35.6 Å². The Hall–Kier alpha value is -2.49. The van der Waals surface area contributed by atoms with Crippen LogP contribution in [0.5, 0.6) is 0 Å². The molecular formula is C16H16N4. The number of hydrogen-bond donors (Lipinski definition) is 1. The summed E-state index contributed by atoms with van der Waals surface area (Å²) in [6.07, 6.45) is 3.73. The van der Waals surface area contributed by atoms with E-state index in [-0.39, 0.29) is 0 Å². The van der Waals surface area contributed by atoms with Crippen molar-refractivity contribution in [3.8, 4) is 11.3 Å². The summed E-state index contributed by atoms with van der Waals surface area (Å²) in [7, 11) is 0. The molecule has 2 heterocycles. The number of rotatable bonds is 3. The highest BCUT2D eigenvalue weighted by Crippen LogP contribution is 2.27. The fourth-order valence-corrected chi connectivity index (χ4v) is 2.26. The van der Waals surface area contributed by atoms with Gasteiger partial charge in [-0.05, 0) is 25.3 Å². The molecule has 0 atom stereocenters. The monoisotopic (exact) mass is 264 g/mol. The van der Waals surface area contributed by atoms with Crippen LogP contribution in [0.4, 0.5) is 5.95 Å². The van der Waals surface area contributed by atoms with E-state index in [0.29, 0.717) is 5.95 Å². The molecule has 0 radical (unpaired) electrons. The Kier molecular flexibility index (Phi) is 3.29. The van der Waals surface area contributed by atoms with Crippen LogP contribution in [0.2, 0.25) is 0 Å². The van der Waals surface area contributed by atoms with Gasteiger partial charge in [-0.2, -0.15) is 0 Å². The largest absolute Gasteiger partial charge is 0.354 e. The van der Waals surface area contributed by atoms with E-state index < -0.39 is 0 Å². The molecule has 0 aliphatic rings. The Morgan fingerprint density at radius 2 is 1.95 bits per heavy atom. The molecule has 2 aromatic heterocycles. The summed E-state index contributed by atoms with van der Waals surface area (Å²) in [5.41, 5.74) is 2.88. The van der Waals surface area contributed by atoms with E-state index in [4.69, 9.17) is 0 Å². The van der Waals surface area contributed by atoms with E-state index in [1.165, 1.54) is 0 Å². The Morgan fingerprint density at radius 3 is 2.80 bits per heavy atom. The Morgan fingerprint density at radius 1 is 1.10 bits per heavy atom. The molecule has 1 aromatic carbocycles. The minimum absolute atomic E-state index is 0.662. The fourth-order valence-electron chi connectivity index (χ4n) is 2.26. The lowest BCUT2D eigenvalue weighted by molar-refractivity contribution is 1.05. The molecule has 0 aliphatic heterocycles. The Bertz CT molecular complexity index is 747. The summed E-state index contributed by atoms with van der Waals surface area (Å²) in [4.78, 5) is 13.3. The summed E-state index contributed by atoms with van der Waals surface area (Å²) in [6.45, 7) is 4.81. The molecule has 0 spiro atoms. The van der Waals surface area contributed by atoms with Crippen LogP contribution >= 0.6 is 0 Å². The summed E-state index contributed by atoms with van der Waals surface area (Å²) >= 11 is 0. The summed E-state index contributed by atoms with van der Waals surface area (Å²) in [5, 5.41) is 5.44. The second-order valence-corrected chi connectivity index (χ2v) is 4.66. The van der Waals surface area contributed by atoms with Crippen LogP contribution in [-0.4, -0.2) is 21.5 Å². The highest BCUT2D eigenvalue weighted by atomic mass is 15.1. The second kappa shape index (κ2) is 5.25. The van der Waals surface area contributed by atoms with Gasteiger partial charge in [-0.1, -0.05) is 24.3 Å². The Labute approximate surface area is 117 Å². The number of aromatic nitrogens is 3. The molecule has 0 aliphatic carbocycles. The van der Waals surface area contributed by atoms with Crippen LogP contribution < -0.4 is 5.32 Å². The number of anilines is 1. The maximum Gasteiger partial charge on any atom is 0.223 e. The van der Waals surface area contributed by atoms with Crippen LogP contribution in [0, 0.1) is 6.92 Å². The molecule has 0 saturated carbocycles. The number of nitrogens with one attached hydrogen (secondary N) is 1. The molecular weight excluding hydrogens is 248 g/mol. The maximum absolute atomic E-state index is 4.58. The quantitative estimate of drug-likeness (QED) is 0.787. The Balaban J connectivity index is 2.20. The van der Waals surface area contributed by atoms with Crippen LogP contribution in [0.3, 0.4) is 0 Å². The van der Waals surface area contributed by atoms with Gasteiger partial charge in [-0.3, -0.25) is 4.98 Å². The van der Waals surface area contributed by atoms with Gasteiger partial charge in [-0.25, -0.2) is 9.97 Å². The predicted octanol–water partition coefficient (Wildman–Crippen LogP) is 3.43. The molecule has 0 bridgehead atoms. The van der Waals surface area contributed by atoms with Crippen LogP contribution in [0.25, 0.3) is 22.0 Å². The van der Waals surface area contributed by atoms with Crippen LogP contribution in [0.1, 0.15) is 12.6 Å². The lowest BCUT2D eigenvalue weighted by Gasteiger charge is -2.09. The first-order valence-corrected chi connectivity index (χ1v) is 6.70. The van der Waals surface area contributed by atoms with Crippen molar-refractivity contribution in [2.24, 2.45) is 0 Å². The first kappa shape index (κ1) is 12.5. The third-order valence-corrected chi connectivity index (χ3v) is 3.13. The highest BCUT2D eigenvalue weighted by molar-refractivity contribution is 5.94. The number of benzene rings is 1. The van der Waals surface area contributed by atoms with Gasteiger partial charge in [-0.15, -0.1) is 0 Å². The van der Waals surface area contributed by atoms with E-state index in [2.05, 4.69) is 32.4 Å². The van der Waals surface area contributed by atoms with Crippen molar-refractivity contribution >= 4 is 16.7 Å². The van der Waals surface area contributed by atoms with E-state index in [9.17, 15) is 0 Å². The molecule has 3 rings (SSSR count). The van der Waals surface area contributed by atoms with Crippen molar-refractivity contribution < 1.29 is 0 Å². The van der Waals surface area contributed by atoms with E-state index >= 15 is 0 Å². The first-order chi connectivity index (χ1) is 9.78. The van der Waals surface area contributed by atoms with Crippen molar-refractivity contribution in [1.82, 2.24) is 15.0 Å². The standard InChI is InChI=1S/C16H16N4/c1-3-18-16-19-11(2)8-15(20-16)14-10-17-9-12-6-4-5-7-13(12)14/h4-10H,3H2,1-2H3,(H,18,19,20). The summed E-state index contributed by atoms with van der Waals surface area (Å²) in [6, 6.07) is 10.2. The molecule has 0 fully saturated rings. The zero-order chi connectivity index (χ0) is 13.9. The zero-order valence-electron chi connectivity index (χ0n) is 11.6. The summed E-state index contributed by atoms with van der Waals surface area (Å²) < 4.78 is 0. The van der Waals surface area contributed by atoms with Gasteiger partial charge < -0.3 is 5.32 Å². The normalized spacial score (nSPS) is 10.7. The van der Waals surface area contributed by atoms with Crippen molar-refractivity contribution in [2.45, 2.75) is 13.8 Å². The average molecular weight is 264 g/mol. The zero-order valence-corrected chi connectivity index (χ0v) is 11.6. The van der Waals surface area contributed by atoms with Gasteiger partial charge in [0.05, 0.1) is 5.69 Å². The van der Waals surface area contributed by atoms with Crippen molar-refractivity contribution in [1.29, 1.82) is 0 Å². The summed E-state index contributed by atoms with van der Waals surface area (Å²) in [5.74, 6) is 0.662. The van der Waals surface area contributed by atoms with Crippen molar-refractivity contribution in [2.75, 3.05) is 11.9 Å². The van der Waals surface area contributed by atoms with Crippen molar-refractivity contribution in [3.05, 3.63) is 48.4 Å². The van der Waals surface area contributed by atoms with E-state index in [0.717, 1.165) is 34.3 Å². The van der Waals surface area contributed by atoms with Gasteiger partial charge in [0.25, 0.3) is 0 Å².